The number of rotatable bonds is 6. The number of anilines is 3. The van der Waals surface area contributed by atoms with Crippen LogP contribution in [-0.4, -0.2) is 0 Å². The van der Waals surface area contributed by atoms with Crippen LogP contribution in [0.5, 0.6) is 0 Å². The molecule has 5 atom stereocenters. The average molecular weight is 832 g/mol. The van der Waals surface area contributed by atoms with Crippen LogP contribution < -0.4 is 4.90 Å². The number of halogens is 1. The quantitative estimate of drug-likeness (QED) is 0.161. The Morgan fingerprint density at radius 1 is 0.422 bits per heavy atom. The van der Waals surface area contributed by atoms with Gasteiger partial charge in [-0.3, -0.25) is 0 Å². The zero-order valence-electron chi connectivity index (χ0n) is 37.3. The summed E-state index contributed by atoms with van der Waals surface area (Å²) in [6, 6.07) is 66.0. The molecule has 5 unspecified atom stereocenters. The van der Waals surface area contributed by atoms with E-state index in [1.807, 2.05) is 12.1 Å². The zero-order chi connectivity index (χ0) is 43.3. The van der Waals surface area contributed by atoms with E-state index in [0.29, 0.717) is 11.8 Å². The molecule has 8 aromatic carbocycles. The van der Waals surface area contributed by atoms with Gasteiger partial charge in [-0.15, -0.1) is 0 Å². The standard InChI is InChI=1S/C62H54FN/c1-39-32-41-34-40(2)62(48(33-39)35-41)57-13-9-8-12-53(57)56-36-46(21-31-58(56)62)47-20-29-54-55-30-28-52(38-60(55)61(3,4)59(54)37-47)64(50-24-16-44(17-25-50)42-10-6-5-7-11-42)51-26-18-45(19-27-51)43-14-22-49(63)23-15-43/h5-31,36-41,48H,32-35H2,1-4H3. The van der Waals surface area contributed by atoms with Crippen molar-refractivity contribution in [2.24, 2.45) is 23.7 Å². The third-order valence-corrected chi connectivity index (χ3v) is 16.1. The fourth-order valence-corrected chi connectivity index (χ4v) is 13.3. The maximum Gasteiger partial charge on any atom is 0.123 e. The highest BCUT2D eigenvalue weighted by Crippen LogP contribution is 2.65. The molecule has 2 saturated carbocycles. The first-order valence-electron chi connectivity index (χ1n) is 23.5. The lowest BCUT2D eigenvalue weighted by molar-refractivity contribution is 0.0426. The third kappa shape index (κ3) is 6.02. The minimum absolute atomic E-state index is 0.109. The van der Waals surface area contributed by atoms with Gasteiger partial charge in [-0.05, 0) is 188 Å². The largest absolute Gasteiger partial charge is 0.310 e. The van der Waals surface area contributed by atoms with E-state index in [-0.39, 0.29) is 16.6 Å². The fourth-order valence-electron chi connectivity index (χ4n) is 13.3. The molecule has 314 valence electrons. The molecule has 0 aliphatic heterocycles. The normalized spacial score (nSPS) is 22.1. The predicted molar refractivity (Wildman–Crippen MR) is 265 cm³/mol. The van der Waals surface area contributed by atoms with Gasteiger partial charge in [0.2, 0.25) is 0 Å². The van der Waals surface area contributed by atoms with Crippen LogP contribution in [0.2, 0.25) is 0 Å². The number of hydrogen-bond acceptors (Lipinski definition) is 1. The Labute approximate surface area is 378 Å². The van der Waals surface area contributed by atoms with Gasteiger partial charge in [-0.2, -0.15) is 0 Å². The van der Waals surface area contributed by atoms with Gasteiger partial charge in [0.1, 0.15) is 5.82 Å². The van der Waals surface area contributed by atoms with Crippen LogP contribution in [0.15, 0.2) is 182 Å². The molecular weight excluding hydrogens is 778 g/mol. The van der Waals surface area contributed by atoms with E-state index in [9.17, 15) is 4.39 Å². The van der Waals surface area contributed by atoms with Crippen molar-refractivity contribution in [2.75, 3.05) is 4.90 Å². The van der Waals surface area contributed by atoms with Crippen molar-refractivity contribution in [2.45, 2.75) is 64.2 Å². The Kier molecular flexibility index (Phi) is 9.03. The smallest absolute Gasteiger partial charge is 0.123 e. The highest BCUT2D eigenvalue weighted by Gasteiger charge is 2.56. The highest BCUT2D eigenvalue weighted by atomic mass is 19.1. The summed E-state index contributed by atoms with van der Waals surface area (Å²) in [5, 5.41) is 0. The van der Waals surface area contributed by atoms with Crippen LogP contribution in [0.3, 0.4) is 0 Å². The van der Waals surface area contributed by atoms with Crippen molar-refractivity contribution in [1.82, 2.24) is 0 Å². The van der Waals surface area contributed by atoms with E-state index in [1.165, 1.54) is 93.5 Å². The second-order valence-electron chi connectivity index (χ2n) is 20.1. The summed E-state index contributed by atoms with van der Waals surface area (Å²) in [5.41, 5.74) is 21.6. The summed E-state index contributed by atoms with van der Waals surface area (Å²) >= 11 is 0. The van der Waals surface area contributed by atoms with Gasteiger partial charge < -0.3 is 4.90 Å². The minimum atomic E-state index is -0.226. The van der Waals surface area contributed by atoms with Crippen molar-refractivity contribution in [3.05, 3.63) is 210 Å². The molecule has 0 amide bonds. The lowest BCUT2D eigenvalue weighted by atomic mass is 9.49. The van der Waals surface area contributed by atoms with Gasteiger partial charge in [-0.25, -0.2) is 4.39 Å². The molecule has 8 aromatic rings. The summed E-state index contributed by atoms with van der Waals surface area (Å²) < 4.78 is 13.8. The first-order chi connectivity index (χ1) is 31.2. The van der Waals surface area contributed by atoms with E-state index in [4.69, 9.17) is 0 Å². The molecule has 0 heterocycles. The van der Waals surface area contributed by atoms with Crippen LogP contribution in [0, 0.1) is 29.5 Å². The Hall–Kier alpha value is -6.51. The molecule has 2 fully saturated rings. The van der Waals surface area contributed by atoms with Crippen LogP contribution in [0.1, 0.15) is 75.6 Å². The molecule has 4 aliphatic rings. The van der Waals surface area contributed by atoms with E-state index >= 15 is 0 Å². The minimum Gasteiger partial charge on any atom is -0.310 e. The molecule has 64 heavy (non-hydrogen) atoms. The second kappa shape index (κ2) is 14.8. The topological polar surface area (TPSA) is 3.24 Å². The zero-order valence-corrected chi connectivity index (χ0v) is 37.3. The molecule has 1 spiro atoms. The lowest BCUT2D eigenvalue weighted by Crippen LogP contribution is -2.49. The maximum absolute atomic E-state index is 13.8. The molecule has 2 bridgehead atoms. The van der Waals surface area contributed by atoms with Crippen molar-refractivity contribution in [3.8, 4) is 55.6 Å². The van der Waals surface area contributed by atoms with Gasteiger partial charge in [-0.1, -0.05) is 149 Å². The number of benzene rings is 8. The molecule has 4 aliphatic carbocycles. The monoisotopic (exact) mass is 831 g/mol. The van der Waals surface area contributed by atoms with Crippen LogP contribution >= 0.6 is 0 Å². The van der Waals surface area contributed by atoms with E-state index < -0.39 is 0 Å². The van der Waals surface area contributed by atoms with Gasteiger partial charge in [0.25, 0.3) is 0 Å². The summed E-state index contributed by atoms with van der Waals surface area (Å²) in [5.74, 6) is 2.78. The molecule has 1 nitrogen and oxygen atoms in total. The SMILES string of the molecule is CC1CC2CC(C)C3(c4ccccc4-c4cc(-c5ccc6c(c5)C(C)(C)c5cc(N(c7ccc(-c8ccccc8)cc7)c7ccc(-c8ccc(F)cc8)cc7)ccc5-6)ccc43)C(C1)C2. The molecule has 12 rings (SSSR count). The number of hydrogen-bond donors (Lipinski definition) is 0. The molecule has 0 radical (unpaired) electrons. The highest BCUT2D eigenvalue weighted by molar-refractivity contribution is 5.90. The van der Waals surface area contributed by atoms with Gasteiger partial charge in [0, 0.05) is 27.9 Å². The Balaban J connectivity index is 0.914. The Bertz CT molecular complexity index is 3070. The summed E-state index contributed by atoms with van der Waals surface area (Å²) in [6.45, 7) is 9.85. The summed E-state index contributed by atoms with van der Waals surface area (Å²) in [6.07, 6.45) is 5.44. The van der Waals surface area contributed by atoms with Gasteiger partial charge in [0.05, 0.1) is 0 Å². The first-order valence-corrected chi connectivity index (χ1v) is 23.5. The van der Waals surface area contributed by atoms with Crippen LogP contribution in [-0.2, 0) is 10.8 Å². The molecular formula is C62H54FN. The van der Waals surface area contributed by atoms with E-state index in [0.717, 1.165) is 40.0 Å². The number of nitrogens with zero attached hydrogens (tertiary/aromatic N) is 1. The lowest BCUT2D eigenvalue weighted by Gasteiger charge is -2.54. The third-order valence-electron chi connectivity index (χ3n) is 16.1. The van der Waals surface area contributed by atoms with E-state index in [1.54, 1.807) is 11.1 Å². The fraction of sp³-hybridized carbons (Fsp3) is 0.226. The van der Waals surface area contributed by atoms with E-state index in [2.05, 4.69) is 190 Å². The number of fused-ring (bicyclic) bond motifs is 11. The maximum atomic E-state index is 13.8. The van der Waals surface area contributed by atoms with Crippen molar-refractivity contribution in [1.29, 1.82) is 0 Å². The summed E-state index contributed by atoms with van der Waals surface area (Å²) in [4.78, 5) is 2.37. The molecule has 0 N–H and O–H groups in total. The van der Waals surface area contributed by atoms with Crippen molar-refractivity contribution in [3.63, 3.8) is 0 Å². The first kappa shape index (κ1) is 39.1. The second-order valence-corrected chi connectivity index (χ2v) is 20.1. The Morgan fingerprint density at radius 2 is 0.938 bits per heavy atom. The predicted octanol–water partition coefficient (Wildman–Crippen LogP) is 17.0. The van der Waals surface area contributed by atoms with Gasteiger partial charge in [0.15, 0.2) is 0 Å². The van der Waals surface area contributed by atoms with Crippen molar-refractivity contribution >= 4 is 17.1 Å². The Morgan fingerprint density at radius 3 is 1.64 bits per heavy atom. The van der Waals surface area contributed by atoms with Crippen LogP contribution in [0.25, 0.3) is 55.6 Å². The van der Waals surface area contributed by atoms with Crippen molar-refractivity contribution < 1.29 is 4.39 Å². The van der Waals surface area contributed by atoms with Crippen LogP contribution in [0.4, 0.5) is 21.5 Å². The van der Waals surface area contributed by atoms with Gasteiger partial charge >= 0.3 is 0 Å². The average Bonchev–Trinajstić information content (AvgIpc) is 3.74. The molecule has 0 aromatic heterocycles. The summed E-state index contributed by atoms with van der Waals surface area (Å²) in [7, 11) is 0. The molecule has 0 saturated heterocycles. The molecule has 2 heteroatoms.